The molecule has 0 saturated heterocycles. The van der Waals surface area contributed by atoms with Gasteiger partial charge < -0.3 is 15.2 Å². The third-order valence-corrected chi connectivity index (χ3v) is 3.19. The maximum absolute atomic E-state index is 12.1. The van der Waals surface area contributed by atoms with E-state index in [1.807, 2.05) is 0 Å². The van der Waals surface area contributed by atoms with Gasteiger partial charge in [-0.2, -0.15) is 0 Å². The summed E-state index contributed by atoms with van der Waals surface area (Å²) in [5.41, 5.74) is 0.451. The average molecular weight is 312 g/mol. The molecule has 0 aliphatic carbocycles. The van der Waals surface area contributed by atoms with Crippen molar-refractivity contribution < 1.29 is 14.6 Å². The number of amides is 1. The van der Waals surface area contributed by atoms with Crippen molar-refractivity contribution in [3.05, 3.63) is 52.0 Å². The molecule has 2 rings (SSSR count). The molecule has 0 aliphatic rings. The number of anilines is 1. The molecule has 2 aromatic rings. The number of nitrogens with one attached hydrogen (secondary N) is 1. The molecule has 2 N–H and O–H groups in total. The van der Waals surface area contributed by atoms with Gasteiger partial charge in [-0.1, -0.05) is 23.2 Å². The number of ether oxygens (including phenoxy) is 1. The number of halogens is 2. The highest BCUT2D eigenvalue weighted by Gasteiger charge is 2.14. The van der Waals surface area contributed by atoms with E-state index in [-0.39, 0.29) is 11.3 Å². The first-order chi connectivity index (χ1) is 9.51. The first kappa shape index (κ1) is 14.5. The molecular formula is C14H11Cl2NO3. The van der Waals surface area contributed by atoms with Crippen molar-refractivity contribution in [3.63, 3.8) is 0 Å². The topological polar surface area (TPSA) is 58.6 Å². The summed E-state index contributed by atoms with van der Waals surface area (Å²) in [6.07, 6.45) is 0. The lowest BCUT2D eigenvalue weighted by atomic mass is 10.1. The van der Waals surface area contributed by atoms with Gasteiger partial charge in [0, 0.05) is 5.02 Å². The molecule has 0 fully saturated rings. The fourth-order valence-electron chi connectivity index (χ4n) is 1.61. The lowest BCUT2D eigenvalue weighted by Crippen LogP contribution is -2.12. The Hall–Kier alpha value is -1.91. The molecule has 0 unspecified atom stereocenters. The van der Waals surface area contributed by atoms with Crippen LogP contribution in [-0.2, 0) is 0 Å². The Bertz CT molecular complexity index is 659. The molecule has 0 aliphatic heterocycles. The first-order valence-electron chi connectivity index (χ1n) is 5.64. The average Bonchev–Trinajstić information content (AvgIpc) is 2.43. The van der Waals surface area contributed by atoms with Crippen LogP contribution in [0.5, 0.6) is 11.5 Å². The number of carbonyl (C=O) groups is 1. The van der Waals surface area contributed by atoms with Crippen LogP contribution in [0.4, 0.5) is 5.69 Å². The van der Waals surface area contributed by atoms with Gasteiger partial charge >= 0.3 is 0 Å². The molecule has 0 spiro atoms. The maximum Gasteiger partial charge on any atom is 0.259 e. The SMILES string of the molecule is COc1ccc(O)c(C(=O)Nc2cc(Cl)ccc2Cl)c1. The molecule has 0 heterocycles. The summed E-state index contributed by atoms with van der Waals surface area (Å²) < 4.78 is 5.01. The molecule has 0 aromatic heterocycles. The van der Waals surface area contributed by atoms with Crippen molar-refractivity contribution in [2.24, 2.45) is 0 Å². The highest BCUT2D eigenvalue weighted by atomic mass is 35.5. The number of phenolic OH excluding ortho intramolecular Hbond substituents is 1. The number of hydrogen-bond acceptors (Lipinski definition) is 3. The Morgan fingerprint density at radius 1 is 1.20 bits per heavy atom. The third kappa shape index (κ3) is 3.15. The smallest absolute Gasteiger partial charge is 0.259 e. The normalized spacial score (nSPS) is 10.2. The molecule has 4 nitrogen and oxygen atoms in total. The van der Waals surface area contributed by atoms with Crippen LogP contribution in [0.15, 0.2) is 36.4 Å². The van der Waals surface area contributed by atoms with Gasteiger partial charge in [-0.15, -0.1) is 0 Å². The summed E-state index contributed by atoms with van der Waals surface area (Å²) in [6, 6.07) is 9.08. The molecule has 104 valence electrons. The number of phenols is 1. The molecule has 20 heavy (non-hydrogen) atoms. The lowest BCUT2D eigenvalue weighted by Gasteiger charge is -2.10. The van der Waals surface area contributed by atoms with Crippen molar-refractivity contribution in [1.29, 1.82) is 0 Å². The fourth-order valence-corrected chi connectivity index (χ4v) is 1.94. The predicted molar refractivity (Wildman–Crippen MR) is 79.1 cm³/mol. The van der Waals surface area contributed by atoms with Crippen LogP contribution < -0.4 is 10.1 Å². The summed E-state index contributed by atoms with van der Waals surface area (Å²) in [4.78, 5) is 12.1. The fraction of sp³-hybridized carbons (Fsp3) is 0.0714. The minimum atomic E-state index is -0.509. The third-order valence-electron chi connectivity index (χ3n) is 2.62. The van der Waals surface area contributed by atoms with Crippen molar-refractivity contribution in [2.75, 3.05) is 12.4 Å². The zero-order chi connectivity index (χ0) is 14.7. The standard InChI is InChI=1S/C14H11Cl2NO3/c1-20-9-3-5-13(18)10(7-9)14(19)17-12-6-8(15)2-4-11(12)16/h2-7,18H,1H3,(H,17,19). The van der Waals surface area contributed by atoms with Gasteiger partial charge in [0.05, 0.1) is 23.4 Å². The van der Waals surface area contributed by atoms with Crippen molar-refractivity contribution in [1.82, 2.24) is 0 Å². The quantitative estimate of drug-likeness (QED) is 0.902. The second kappa shape index (κ2) is 6.03. The van der Waals surface area contributed by atoms with Gasteiger partial charge in [-0.25, -0.2) is 0 Å². The van der Waals surface area contributed by atoms with E-state index in [0.717, 1.165) is 0 Å². The number of methoxy groups -OCH3 is 1. The Morgan fingerprint density at radius 2 is 1.95 bits per heavy atom. The van der Waals surface area contributed by atoms with Gasteiger partial charge in [-0.3, -0.25) is 4.79 Å². The van der Waals surface area contributed by atoms with E-state index >= 15 is 0 Å². The van der Waals surface area contributed by atoms with Crippen LogP contribution in [0.2, 0.25) is 10.0 Å². The van der Waals surface area contributed by atoms with E-state index in [0.29, 0.717) is 21.5 Å². The lowest BCUT2D eigenvalue weighted by molar-refractivity contribution is 0.102. The molecule has 6 heteroatoms. The van der Waals surface area contributed by atoms with Crippen LogP contribution in [0.25, 0.3) is 0 Å². The number of rotatable bonds is 3. The van der Waals surface area contributed by atoms with Gasteiger partial charge in [-0.05, 0) is 36.4 Å². The summed E-state index contributed by atoms with van der Waals surface area (Å²) in [7, 11) is 1.47. The van der Waals surface area contributed by atoms with E-state index in [1.165, 1.54) is 25.3 Å². The minimum Gasteiger partial charge on any atom is -0.507 e. The van der Waals surface area contributed by atoms with E-state index in [4.69, 9.17) is 27.9 Å². The molecule has 0 bridgehead atoms. The summed E-state index contributed by atoms with van der Waals surface area (Å²) >= 11 is 11.8. The van der Waals surface area contributed by atoms with Crippen LogP contribution in [-0.4, -0.2) is 18.1 Å². The van der Waals surface area contributed by atoms with Crippen LogP contribution in [0, 0.1) is 0 Å². The van der Waals surface area contributed by atoms with E-state index in [1.54, 1.807) is 18.2 Å². The predicted octanol–water partition coefficient (Wildman–Crippen LogP) is 3.96. The van der Waals surface area contributed by atoms with E-state index in [9.17, 15) is 9.90 Å². The molecule has 2 aromatic carbocycles. The summed E-state index contributed by atoms with van der Waals surface area (Å²) in [6.45, 7) is 0. The zero-order valence-corrected chi connectivity index (χ0v) is 12.0. The Morgan fingerprint density at radius 3 is 2.65 bits per heavy atom. The number of carbonyl (C=O) groups excluding carboxylic acids is 1. The molecule has 1 amide bonds. The van der Waals surface area contributed by atoms with Crippen LogP contribution in [0.1, 0.15) is 10.4 Å². The Kier molecular flexibility index (Phi) is 4.37. The highest BCUT2D eigenvalue weighted by Crippen LogP contribution is 2.28. The summed E-state index contributed by atoms with van der Waals surface area (Å²) in [5.74, 6) is -0.197. The van der Waals surface area contributed by atoms with Gasteiger partial charge in [0.2, 0.25) is 0 Å². The Balaban J connectivity index is 2.30. The number of benzene rings is 2. The number of hydrogen-bond donors (Lipinski definition) is 2. The summed E-state index contributed by atoms with van der Waals surface area (Å²) in [5, 5.41) is 13.1. The van der Waals surface area contributed by atoms with Crippen LogP contribution in [0.3, 0.4) is 0 Å². The first-order valence-corrected chi connectivity index (χ1v) is 6.40. The van der Waals surface area contributed by atoms with Crippen molar-refractivity contribution in [3.8, 4) is 11.5 Å². The largest absolute Gasteiger partial charge is 0.507 e. The van der Waals surface area contributed by atoms with Crippen molar-refractivity contribution >= 4 is 34.8 Å². The van der Waals surface area contributed by atoms with Gasteiger partial charge in [0.1, 0.15) is 11.5 Å². The zero-order valence-electron chi connectivity index (χ0n) is 10.5. The Labute approximate surface area is 125 Å². The van der Waals surface area contributed by atoms with Crippen molar-refractivity contribution in [2.45, 2.75) is 0 Å². The second-order valence-corrected chi connectivity index (χ2v) is 4.81. The van der Waals surface area contributed by atoms with Crippen LogP contribution >= 0.6 is 23.2 Å². The van der Waals surface area contributed by atoms with E-state index < -0.39 is 5.91 Å². The molecule has 0 saturated carbocycles. The molecular weight excluding hydrogens is 301 g/mol. The monoisotopic (exact) mass is 311 g/mol. The maximum atomic E-state index is 12.1. The highest BCUT2D eigenvalue weighted by molar-refractivity contribution is 6.35. The molecule has 0 radical (unpaired) electrons. The molecule has 0 atom stereocenters. The minimum absolute atomic E-state index is 0.0837. The van der Waals surface area contributed by atoms with Gasteiger partial charge in [0.25, 0.3) is 5.91 Å². The second-order valence-electron chi connectivity index (χ2n) is 3.96. The van der Waals surface area contributed by atoms with Gasteiger partial charge in [0.15, 0.2) is 0 Å². The number of aromatic hydroxyl groups is 1. The van der Waals surface area contributed by atoms with E-state index in [2.05, 4.69) is 5.32 Å².